The zero-order valence-electron chi connectivity index (χ0n) is 16.6. The number of hydrogen-bond acceptors (Lipinski definition) is 5. The molecule has 1 aliphatic carbocycles. The van der Waals surface area contributed by atoms with Gasteiger partial charge in [-0.3, -0.25) is 9.59 Å². The Bertz CT molecular complexity index is 1140. The summed E-state index contributed by atoms with van der Waals surface area (Å²) >= 11 is 2.92. The molecule has 0 radical (unpaired) electrons. The van der Waals surface area contributed by atoms with Gasteiger partial charge in [-0.25, -0.2) is 0 Å². The smallest absolute Gasteiger partial charge is 0.304 e. The fourth-order valence-corrected chi connectivity index (χ4v) is 5.45. The molecular formula is C22H22ClN3O3S2. The minimum absolute atomic E-state index is 0. The van der Waals surface area contributed by atoms with E-state index in [1.165, 1.54) is 39.4 Å². The van der Waals surface area contributed by atoms with Crippen molar-refractivity contribution in [2.24, 2.45) is 10.7 Å². The van der Waals surface area contributed by atoms with E-state index in [9.17, 15) is 9.59 Å². The van der Waals surface area contributed by atoms with E-state index in [4.69, 9.17) is 10.8 Å². The van der Waals surface area contributed by atoms with Gasteiger partial charge in [0, 0.05) is 22.8 Å². The number of aliphatic imine (C=N–C) groups is 1. The molecule has 6 nitrogen and oxygen atoms in total. The van der Waals surface area contributed by atoms with Crippen molar-refractivity contribution in [2.45, 2.75) is 25.8 Å². The monoisotopic (exact) mass is 475 g/mol. The Hall–Kier alpha value is -2.52. The lowest BCUT2D eigenvalue weighted by Crippen LogP contribution is -2.17. The topological polar surface area (TPSA) is 105 Å². The van der Waals surface area contributed by atoms with Gasteiger partial charge in [0.15, 0.2) is 0 Å². The highest BCUT2D eigenvalue weighted by Gasteiger charge is 2.21. The van der Waals surface area contributed by atoms with Crippen LogP contribution in [0.15, 0.2) is 47.5 Å². The number of carbonyl (C=O) groups excluding carboxylic acids is 1. The Morgan fingerprint density at radius 2 is 1.84 bits per heavy atom. The SMILES string of the molecule is Cl.NC(=NC(=O)c1cc2c(s1)-c1ccccc1CC2)c1ccc(CNCCC(=O)O)s1. The summed E-state index contributed by atoms with van der Waals surface area (Å²) in [6.07, 6.45) is 1.99. The van der Waals surface area contributed by atoms with Gasteiger partial charge in [-0.1, -0.05) is 24.3 Å². The van der Waals surface area contributed by atoms with E-state index in [1.807, 2.05) is 30.3 Å². The summed E-state index contributed by atoms with van der Waals surface area (Å²) in [4.78, 5) is 30.9. The van der Waals surface area contributed by atoms with Crippen LogP contribution in [0, 0.1) is 0 Å². The van der Waals surface area contributed by atoms with Crippen molar-refractivity contribution < 1.29 is 14.7 Å². The van der Waals surface area contributed by atoms with Crippen LogP contribution in [0.5, 0.6) is 0 Å². The highest BCUT2D eigenvalue weighted by atomic mass is 35.5. The number of fused-ring (bicyclic) bond motifs is 3. The van der Waals surface area contributed by atoms with Gasteiger partial charge in [-0.15, -0.1) is 35.1 Å². The van der Waals surface area contributed by atoms with Crippen molar-refractivity contribution in [2.75, 3.05) is 6.54 Å². The first-order chi connectivity index (χ1) is 14.5. The van der Waals surface area contributed by atoms with Crippen LogP contribution in [0.3, 0.4) is 0 Å². The number of hydrogen-bond donors (Lipinski definition) is 3. The van der Waals surface area contributed by atoms with Gasteiger partial charge in [-0.2, -0.15) is 4.99 Å². The largest absolute Gasteiger partial charge is 0.481 e. The summed E-state index contributed by atoms with van der Waals surface area (Å²) in [7, 11) is 0. The van der Waals surface area contributed by atoms with Gasteiger partial charge < -0.3 is 16.2 Å². The maximum Gasteiger partial charge on any atom is 0.304 e. The van der Waals surface area contributed by atoms with Crippen molar-refractivity contribution in [3.63, 3.8) is 0 Å². The first-order valence-corrected chi connectivity index (χ1v) is 11.3. The van der Waals surface area contributed by atoms with Crippen molar-refractivity contribution in [1.29, 1.82) is 0 Å². The van der Waals surface area contributed by atoms with Crippen LogP contribution in [0.4, 0.5) is 0 Å². The van der Waals surface area contributed by atoms with E-state index < -0.39 is 5.97 Å². The van der Waals surface area contributed by atoms with E-state index in [-0.39, 0.29) is 30.6 Å². The lowest BCUT2D eigenvalue weighted by atomic mass is 9.91. The second kappa shape index (κ2) is 10.2. The summed E-state index contributed by atoms with van der Waals surface area (Å²) in [6, 6.07) is 14.0. The number of amides is 1. The molecule has 2 aromatic heterocycles. The molecule has 3 aromatic rings. The number of nitrogens with zero attached hydrogens (tertiary/aromatic N) is 1. The minimum atomic E-state index is -0.831. The number of carboxylic acid groups (broad SMARTS) is 1. The molecular weight excluding hydrogens is 454 g/mol. The Morgan fingerprint density at radius 1 is 1.06 bits per heavy atom. The summed E-state index contributed by atoms with van der Waals surface area (Å²) in [5.41, 5.74) is 9.81. The molecule has 9 heteroatoms. The fourth-order valence-electron chi connectivity index (χ4n) is 3.41. The average molecular weight is 476 g/mol. The number of aryl methyl sites for hydroxylation is 2. The van der Waals surface area contributed by atoms with E-state index in [0.29, 0.717) is 18.0 Å². The third kappa shape index (κ3) is 5.40. The number of benzene rings is 1. The molecule has 1 aromatic carbocycles. The molecule has 4 N–H and O–H groups in total. The van der Waals surface area contributed by atoms with Crippen LogP contribution in [-0.2, 0) is 24.2 Å². The second-order valence-corrected chi connectivity index (χ2v) is 9.23. The number of thiophene rings is 2. The Balaban J connectivity index is 0.00000272. The van der Waals surface area contributed by atoms with Crippen LogP contribution >= 0.6 is 35.1 Å². The number of nitrogens with two attached hydrogens (primary N) is 1. The zero-order valence-corrected chi connectivity index (χ0v) is 19.0. The molecule has 31 heavy (non-hydrogen) atoms. The van der Waals surface area contributed by atoms with E-state index in [2.05, 4.69) is 22.4 Å². The van der Waals surface area contributed by atoms with Crippen molar-refractivity contribution >= 4 is 52.8 Å². The summed E-state index contributed by atoms with van der Waals surface area (Å²) in [5.74, 6) is -0.949. The standard InChI is InChI=1S/C22H21N3O3S2.ClH/c23-21(17-8-7-15(29-17)12-24-10-9-19(26)27)25-22(28)18-11-14-6-5-13-3-1-2-4-16(13)20(14)30-18;/h1-4,7-8,11,24H,5-6,9-10,12H2,(H,26,27)(H2,23,25,28);1H. The lowest BCUT2D eigenvalue weighted by molar-refractivity contribution is -0.136. The van der Waals surface area contributed by atoms with Gasteiger partial charge in [-0.05, 0) is 47.7 Å². The number of carboxylic acids is 1. The van der Waals surface area contributed by atoms with Crippen LogP contribution in [0.2, 0.25) is 0 Å². The predicted octanol–water partition coefficient (Wildman–Crippen LogP) is 4.11. The number of aliphatic carboxylic acids is 1. The molecule has 1 amide bonds. The zero-order chi connectivity index (χ0) is 21.1. The van der Waals surface area contributed by atoms with Crippen LogP contribution < -0.4 is 11.1 Å². The average Bonchev–Trinajstić information content (AvgIpc) is 3.38. The molecule has 1 aliphatic rings. The highest BCUT2D eigenvalue weighted by Crippen LogP contribution is 2.39. The molecule has 0 fully saturated rings. The Labute approximate surface area is 194 Å². The minimum Gasteiger partial charge on any atom is -0.481 e. The van der Waals surface area contributed by atoms with Gasteiger partial charge in [0.1, 0.15) is 5.84 Å². The van der Waals surface area contributed by atoms with E-state index in [1.54, 1.807) is 0 Å². The number of carbonyl (C=O) groups is 2. The van der Waals surface area contributed by atoms with Gasteiger partial charge >= 0.3 is 5.97 Å². The van der Waals surface area contributed by atoms with Crippen molar-refractivity contribution in [1.82, 2.24) is 5.32 Å². The normalized spacial score (nSPS) is 12.6. The molecule has 0 saturated carbocycles. The van der Waals surface area contributed by atoms with Gasteiger partial charge in [0.25, 0.3) is 5.91 Å². The third-order valence-electron chi connectivity index (χ3n) is 4.90. The van der Waals surface area contributed by atoms with E-state index in [0.717, 1.165) is 27.5 Å². The summed E-state index contributed by atoms with van der Waals surface area (Å²) < 4.78 is 0. The molecule has 0 unspecified atom stereocenters. The van der Waals surface area contributed by atoms with Crippen molar-refractivity contribution in [3.8, 4) is 10.4 Å². The molecule has 0 bridgehead atoms. The second-order valence-electron chi connectivity index (χ2n) is 7.01. The number of amidine groups is 1. The maximum absolute atomic E-state index is 12.7. The summed E-state index contributed by atoms with van der Waals surface area (Å²) in [6.45, 7) is 0.951. The molecule has 0 aliphatic heterocycles. The third-order valence-corrected chi connectivity index (χ3v) is 7.20. The maximum atomic E-state index is 12.7. The van der Waals surface area contributed by atoms with Gasteiger partial charge in [0.05, 0.1) is 16.2 Å². The van der Waals surface area contributed by atoms with Crippen LogP contribution in [0.25, 0.3) is 10.4 Å². The summed E-state index contributed by atoms with van der Waals surface area (Å²) in [5, 5.41) is 11.7. The Morgan fingerprint density at radius 3 is 2.65 bits per heavy atom. The molecule has 0 saturated heterocycles. The molecule has 4 rings (SSSR count). The number of rotatable bonds is 7. The first-order valence-electron chi connectivity index (χ1n) is 9.62. The fraction of sp³-hybridized carbons (Fsp3) is 0.227. The first kappa shape index (κ1) is 23.1. The number of halogens is 1. The van der Waals surface area contributed by atoms with Crippen molar-refractivity contribution in [3.05, 3.63) is 68.2 Å². The molecule has 2 heterocycles. The molecule has 0 spiro atoms. The van der Waals surface area contributed by atoms with Crippen LogP contribution in [-0.4, -0.2) is 29.4 Å². The van der Waals surface area contributed by atoms with E-state index >= 15 is 0 Å². The molecule has 162 valence electrons. The highest BCUT2D eigenvalue weighted by molar-refractivity contribution is 7.17. The molecule has 0 atom stereocenters. The quantitative estimate of drug-likeness (QED) is 0.271. The van der Waals surface area contributed by atoms with Gasteiger partial charge in [0.2, 0.25) is 0 Å². The number of nitrogens with one attached hydrogen (secondary N) is 1. The lowest BCUT2D eigenvalue weighted by Gasteiger charge is -2.15. The van der Waals surface area contributed by atoms with Crippen LogP contribution in [0.1, 0.15) is 37.0 Å². The Kier molecular flexibility index (Phi) is 7.61. The predicted molar refractivity (Wildman–Crippen MR) is 128 cm³/mol.